The Morgan fingerprint density at radius 1 is 1.10 bits per heavy atom. The Balaban J connectivity index is 1.69. The average molecular weight is 471 g/mol. The zero-order valence-electron chi connectivity index (χ0n) is 17.1. The highest BCUT2D eigenvalue weighted by molar-refractivity contribution is 9.10. The minimum atomic E-state index is -0.642. The van der Waals surface area contributed by atoms with E-state index in [1.165, 1.54) is 4.90 Å². The minimum absolute atomic E-state index is 0.0836. The molecule has 0 radical (unpaired) electrons. The Morgan fingerprint density at radius 3 is 2.33 bits per heavy atom. The fourth-order valence-corrected chi connectivity index (χ4v) is 4.40. The molecule has 0 aliphatic carbocycles. The lowest BCUT2D eigenvalue weighted by molar-refractivity contribution is 0.00987. The van der Waals surface area contributed by atoms with Gasteiger partial charge in [-0.2, -0.15) is 0 Å². The van der Waals surface area contributed by atoms with Crippen molar-refractivity contribution in [2.45, 2.75) is 38.8 Å². The van der Waals surface area contributed by atoms with Crippen LogP contribution in [-0.4, -0.2) is 46.4 Å². The van der Waals surface area contributed by atoms with Crippen LogP contribution in [0.15, 0.2) is 46.9 Å². The average Bonchev–Trinajstić information content (AvgIpc) is 2.91. The SMILES string of the molecule is CC(C)(C)OC(=O)N1CCc2cc(Br)ccc2[C@@H]1CN1C(=O)c2ccccc2C1=O. The van der Waals surface area contributed by atoms with Gasteiger partial charge in [0.15, 0.2) is 0 Å². The van der Waals surface area contributed by atoms with E-state index in [1.54, 1.807) is 29.2 Å². The van der Waals surface area contributed by atoms with Crippen LogP contribution in [0, 0.1) is 0 Å². The molecule has 2 aliphatic heterocycles. The molecule has 6 nitrogen and oxygen atoms in total. The molecule has 4 rings (SSSR count). The Kier molecular flexibility index (Phi) is 5.18. The number of hydrogen-bond donors (Lipinski definition) is 0. The first-order chi connectivity index (χ1) is 14.2. The van der Waals surface area contributed by atoms with Crippen LogP contribution in [-0.2, 0) is 11.2 Å². The van der Waals surface area contributed by atoms with Crippen LogP contribution in [0.25, 0.3) is 0 Å². The first-order valence-corrected chi connectivity index (χ1v) is 10.7. The number of rotatable bonds is 2. The summed E-state index contributed by atoms with van der Waals surface area (Å²) in [5.41, 5.74) is 2.17. The van der Waals surface area contributed by atoms with Gasteiger partial charge in [-0.25, -0.2) is 4.79 Å². The van der Waals surface area contributed by atoms with Crippen molar-refractivity contribution < 1.29 is 19.1 Å². The first kappa shape index (κ1) is 20.6. The Bertz CT molecular complexity index is 1010. The van der Waals surface area contributed by atoms with Crippen LogP contribution in [0.3, 0.4) is 0 Å². The van der Waals surface area contributed by atoms with Crippen molar-refractivity contribution in [3.63, 3.8) is 0 Å². The molecule has 2 aromatic carbocycles. The van der Waals surface area contributed by atoms with Gasteiger partial charge in [-0.1, -0.05) is 34.1 Å². The van der Waals surface area contributed by atoms with Crippen LogP contribution in [0.2, 0.25) is 0 Å². The maximum absolute atomic E-state index is 13.0. The van der Waals surface area contributed by atoms with Crippen LogP contribution >= 0.6 is 15.9 Å². The zero-order valence-corrected chi connectivity index (χ0v) is 18.7. The number of carbonyl (C=O) groups excluding carboxylic acids is 3. The lowest BCUT2D eigenvalue weighted by Gasteiger charge is -2.39. The van der Waals surface area contributed by atoms with Crippen LogP contribution in [0.4, 0.5) is 4.79 Å². The van der Waals surface area contributed by atoms with Gasteiger partial charge >= 0.3 is 6.09 Å². The normalized spacial score (nSPS) is 18.3. The van der Waals surface area contributed by atoms with Crippen molar-refractivity contribution in [1.29, 1.82) is 0 Å². The van der Waals surface area contributed by atoms with Gasteiger partial charge in [0.25, 0.3) is 11.8 Å². The van der Waals surface area contributed by atoms with E-state index >= 15 is 0 Å². The van der Waals surface area contributed by atoms with Crippen molar-refractivity contribution >= 4 is 33.8 Å². The highest BCUT2D eigenvalue weighted by Crippen LogP contribution is 2.35. The molecular formula is C23H23BrN2O4. The van der Waals surface area contributed by atoms with Gasteiger partial charge in [0.2, 0.25) is 0 Å². The maximum atomic E-state index is 13.0. The molecule has 7 heteroatoms. The third-order valence-electron chi connectivity index (χ3n) is 5.32. The largest absolute Gasteiger partial charge is 0.444 e. The third kappa shape index (κ3) is 3.74. The summed E-state index contributed by atoms with van der Waals surface area (Å²) < 4.78 is 6.57. The summed E-state index contributed by atoms with van der Waals surface area (Å²) in [7, 11) is 0. The standard InChI is InChI=1S/C23H23BrN2O4/c1-23(2,3)30-22(29)25-11-10-14-12-15(24)8-9-16(14)19(25)13-26-20(27)17-6-4-5-7-18(17)21(26)28/h4-9,12,19H,10-11,13H2,1-3H3/t19-/m0/s1. The van der Waals surface area contributed by atoms with Gasteiger partial charge in [-0.3, -0.25) is 19.4 Å². The number of fused-ring (bicyclic) bond motifs is 2. The zero-order chi connectivity index (χ0) is 21.6. The number of ether oxygens (including phenoxy) is 1. The Labute approximate surface area is 183 Å². The van der Waals surface area contributed by atoms with Gasteiger partial charge < -0.3 is 4.74 Å². The predicted octanol–water partition coefficient (Wildman–Crippen LogP) is 4.58. The van der Waals surface area contributed by atoms with Crippen molar-refractivity contribution in [1.82, 2.24) is 9.80 Å². The lowest BCUT2D eigenvalue weighted by atomic mass is 9.92. The second-order valence-corrected chi connectivity index (χ2v) is 9.46. The summed E-state index contributed by atoms with van der Waals surface area (Å²) >= 11 is 3.50. The van der Waals surface area contributed by atoms with E-state index in [9.17, 15) is 14.4 Å². The van der Waals surface area contributed by atoms with Crippen molar-refractivity contribution in [2.75, 3.05) is 13.1 Å². The molecule has 0 aromatic heterocycles. The van der Waals surface area contributed by atoms with E-state index < -0.39 is 17.7 Å². The first-order valence-electron chi connectivity index (χ1n) is 9.89. The number of hydrogen-bond acceptors (Lipinski definition) is 4. The summed E-state index contributed by atoms with van der Waals surface area (Å²) in [5, 5.41) is 0. The molecule has 2 aliphatic rings. The molecule has 2 heterocycles. The summed E-state index contributed by atoms with van der Waals surface area (Å²) in [5.74, 6) is -0.659. The van der Waals surface area contributed by atoms with Crippen LogP contribution in [0.1, 0.15) is 58.7 Å². The smallest absolute Gasteiger partial charge is 0.410 e. The van der Waals surface area contributed by atoms with E-state index in [-0.39, 0.29) is 18.4 Å². The van der Waals surface area contributed by atoms with Crippen molar-refractivity contribution in [3.8, 4) is 0 Å². The number of imide groups is 1. The molecule has 0 saturated heterocycles. The van der Waals surface area contributed by atoms with E-state index in [4.69, 9.17) is 4.74 Å². The third-order valence-corrected chi connectivity index (χ3v) is 5.82. The fraction of sp³-hybridized carbons (Fsp3) is 0.348. The molecule has 0 fully saturated rings. The fourth-order valence-electron chi connectivity index (χ4n) is 3.99. The molecule has 0 N–H and O–H groups in total. The number of benzene rings is 2. The van der Waals surface area contributed by atoms with E-state index in [0.717, 1.165) is 15.6 Å². The summed E-state index contributed by atoms with van der Waals surface area (Å²) in [4.78, 5) is 41.7. The van der Waals surface area contributed by atoms with E-state index in [2.05, 4.69) is 15.9 Å². The molecule has 0 spiro atoms. The minimum Gasteiger partial charge on any atom is -0.444 e. The number of carbonyl (C=O) groups is 3. The van der Waals surface area contributed by atoms with Gasteiger partial charge in [-0.05, 0) is 62.6 Å². The highest BCUT2D eigenvalue weighted by Gasteiger charge is 2.41. The van der Waals surface area contributed by atoms with Crippen LogP contribution in [0.5, 0.6) is 0 Å². The number of nitrogens with zero attached hydrogens (tertiary/aromatic N) is 2. The summed E-state index contributed by atoms with van der Waals surface area (Å²) in [6.45, 7) is 5.99. The molecule has 0 bridgehead atoms. The topological polar surface area (TPSA) is 66.9 Å². The van der Waals surface area contributed by atoms with Crippen LogP contribution < -0.4 is 0 Å². The second-order valence-electron chi connectivity index (χ2n) is 8.55. The van der Waals surface area contributed by atoms with E-state index in [1.807, 2.05) is 39.0 Å². The molecule has 156 valence electrons. The van der Waals surface area contributed by atoms with Gasteiger partial charge in [0.1, 0.15) is 5.60 Å². The molecule has 30 heavy (non-hydrogen) atoms. The quantitative estimate of drug-likeness (QED) is 0.602. The second kappa shape index (κ2) is 7.54. The Morgan fingerprint density at radius 2 is 1.73 bits per heavy atom. The Hall–Kier alpha value is -2.67. The summed E-state index contributed by atoms with van der Waals surface area (Å²) in [6, 6.07) is 12.2. The molecule has 2 aromatic rings. The predicted molar refractivity (Wildman–Crippen MR) is 115 cm³/mol. The summed E-state index contributed by atoms with van der Waals surface area (Å²) in [6.07, 6.45) is 0.227. The van der Waals surface area contributed by atoms with Gasteiger partial charge in [0, 0.05) is 11.0 Å². The lowest BCUT2D eigenvalue weighted by Crippen LogP contribution is -2.48. The van der Waals surface area contributed by atoms with Crippen molar-refractivity contribution in [2.24, 2.45) is 0 Å². The van der Waals surface area contributed by atoms with Gasteiger partial charge in [0.05, 0.1) is 23.7 Å². The molecule has 1 atom stereocenters. The molecular weight excluding hydrogens is 448 g/mol. The monoisotopic (exact) mass is 470 g/mol. The number of halogens is 1. The van der Waals surface area contributed by atoms with Gasteiger partial charge in [-0.15, -0.1) is 0 Å². The van der Waals surface area contributed by atoms with Crippen molar-refractivity contribution in [3.05, 3.63) is 69.2 Å². The molecule has 3 amide bonds. The maximum Gasteiger partial charge on any atom is 0.410 e. The van der Waals surface area contributed by atoms with E-state index in [0.29, 0.717) is 24.1 Å². The highest BCUT2D eigenvalue weighted by atomic mass is 79.9. The molecule has 0 saturated carbocycles. The number of amides is 3. The molecule has 0 unspecified atom stereocenters.